The van der Waals surface area contributed by atoms with Gasteiger partial charge in [-0.05, 0) is 37.7 Å². The van der Waals surface area contributed by atoms with Crippen LogP contribution in [0.5, 0.6) is 5.88 Å². The zero-order chi connectivity index (χ0) is 23.1. The lowest BCUT2D eigenvalue weighted by atomic mass is 9.86. The average Bonchev–Trinajstić information content (AvgIpc) is 2.75. The van der Waals surface area contributed by atoms with E-state index < -0.39 is 17.7 Å². The van der Waals surface area contributed by atoms with Gasteiger partial charge >= 0.3 is 11.9 Å². The van der Waals surface area contributed by atoms with Gasteiger partial charge in [-0.25, -0.2) is 9.97 Å². The van der Waals surface area contributed by atoms with E-state index in [1.54, 1.807) is 12.1 Å². The van der Waals surface area contributed by atoms with Gasteiger partial charge in [0.15, 0.2) is 6.61 Å². The molecule has 3 rings (SSSR count). The van der Waals surface area contributed by atoms with Crippen LogP contribution < -0.4 is 21.1 Å². The average molecular weight is 455 g/mol. The quantitative estimate of drug-likeness (QED) is 0.384. The Labute approximate surface area is 181 Å². The molecule has 2 aromatic rings. The minimum Gasteiger partial charge on any atom is -0.468 e. The summed E-state index contributed by atoms with van der Waals surface area (Å²) in [7, 11) is 0. The second-order valence-electron chi connectivity index (χ2n) is 7.57. The lowest BCUT2D eigenvalue weighted by Gasteiger charge is -2.26. The van der Waals surface area contributed by atoms with Crippen molar-refractivity contribution >= 4 is 17.5 Å². The Morgan fingerprint density at radius 2 is 1.97 bits per heavy atom. The van der Waals surface area contributed by atoms with Crippen molar-refractivity contribution < 1.29 is 22.8 Å². The molecular weight excluding hydrogens is 431 g/mol. The smallest absolute Gasteiger partial charge is 0.422 e. The van der Waals surface area contributed by atoms with E-state index in [0.29, 0.717) is 18.0 Å². The third-order valence-corrected chi connectivity index (χ3v) is 5.08. The van der Waals surface area contributed by atoms with Gasteiger partial charge in [0.25, 0.3) is 0 Å². The van der Waals surface area contributed by atoms with Gasteiger partial charge in [0.2, 0.25) is 17.6 Å². The van der Waals surface area contributed by atoms with Crippen LogP contribution in [0.1, 0.15) is 31.2 Å². The number of nitro groups is 1. The van der Waals surface area contributed by atoms with Crippen LogP contribution in [0.4, 0.5) is 30.6 Å². The largest absolute Gasteiger partial charge is 0.468 e. The Bertz CT molecular complexity index is 921. The van der Waals surface area contributed by atoms with Gasteiger partial charge < -0.3 is 21.1 Å². The highest BCUT2D eigenvalue weighted by Gasteiger charge is 2.29. The lowest BCUT2D eigenvalue weighted by Crippen LogP contribution is -2.29. The molecule has 0 aliphatic heterocycles. The molecule has 0 bridgehead atoms. The lowest BCUT2D eigenvalue weighted by molar-refractivity contribution is -0.384. The zero-order valence-corrected chi connectivity index (χ0v) is 17.1. The molecule has 1 fully saturated rings. The van der Waals surface area contributed by atoms with E-state index in [-0.39, 0.29) is 35.9 Å². The maximum Gasteiger partial charge on any atom is 0.422 e. The summed E-state index contributed by atoms with van der Waals surface area (Å²) in [4.78, 5) is 22.7. The fourth-order valence-corrected chi connectivity index (χ4v) is 3.37. The Hall–Kier alpha value is -3.22. The minimum atomic E-state index is -4.49. The standard InChI is InChI=1S/C19H24F3N7O3/c20-19(21,22)11-32-17-13(2-1-7-24-17)9-26-18-27-10-15(29(30)31)16(28-18)25-8-12-3-5-14(23)6-4-12/h1-2,7,10,12,14H,3-6,8-9,11,23H2,(H2,25,26,27,28). The topological polar surface area (TPSA) is 141 Å². The van der Waals surface area contributed by atoms with Crippen LogP contribution in [0.15, 0.2) is 24.5 Å². The monoisotopic (exact) mass is 455 g/mol. The summed E-state index contributed by atoms with van der Waals surface area (Å²) in [6.45, 7) is -0.938. The van der Waals surface area contributed by atoms with Crippen molar-refractivity contribution in [1.82, 2.24) is 15.0 Å². The number of anilines is 2. The van der Waals surface area contributed by atoms with E-state index in [1.165, 1.54) is 6.20 Å². The molecule has 174 valence electrons. The van der Waals surface area contributed by atoms with Gasteiger partial charge in [-0.15, -0.1) is 0 Å². The molecule has 0 saturated heterocycles. The maximum atomic E-state index is 12.4. The number of alkyl halides is 3. The van der Waals surface area contributed by atoms with Crippen molar-refractivity contribution in [2.45, 2.75) is 44.4 Å². The summed E-state index contributed by atoms with van der Waals surface area (Å²) < 4.78 is 42.1. The second-order valence-corrected chi connectivity index (χ2v) is 7.57. The second kappa shape index (κ2) is 10.4. The minimum absolute atomic E-state index is 0.0127. The molecule has 2 heterocycles. The summed E-state index contributed by atoms with van der Waals surface area (Å²) in [6.07, 6.45) is 1.59. The first-order valence-electron chi connectivity index (χ1n) is 10.1. The van der Waals surface area contributed by atoms with Gasteiger partial charge in [0.1, 0.15) is 6.20 Å². The van der Waals surface area contributed by atoms with E-state index in [4.69, 9.17) is 10.5 Å². The Morgan fingerprint density at radius 1 is 1.22 bits per heavy atom. The molecule has 32 heavy (non-hydrogen) atoms. The molecular formula is C19H24F3N7O3. The fourth-order valence-electron chi connectivity index (χ4n) is 3.37. The summed E-state index contributed by atoms with van der Waals surface area (Å²) in [6, 6.07) is 3.30. The first-order valence-corrected chi connectivity index (χ1v) is 10.1. The number of pyridine rings is 1. The van der Waals surface area contributed by atoms with Crippen LogP contribution >= 0.6 is 0 Å². The molecule has 1 saturated carbocycles. The van der Waals surface area contributed by atoms with Gasteiger partial charge in [0.05, 0.1) is 4.92 Å². The summed E-state index contributed by atoms with van der Waals surface area (Å²) in [5.74, 6) is 0.314. The molecule has 2 aromatic heterocycles. The van der Waals surface area contributed by atoms with Crippen molar-refractivity contribution in [2.75, 3.05) is 23.8 Å². The van der Waals surface area contributed by atoms with Crippen molar-refractivity contribution in [3.8, 4) is 5.88 Å². The highest BCUT2D eigenvalue weighted by atomic mass is 19.4. The van der Waals surface area contributed by atoms with Crippen LogP contribution in [-0.4, -0.2) is 45.2 Å². The molecule has 0 amide bonds. The molecule has 1 aliphatic rings. The normalized spacial score (nSPS) is 18.8. The van der Waals surface area contributed by atoms with Crippen LogP contribution in [0.2, 0.25) is 0 Å². The molecule has 0 radical (unpaired) electrons. The van der Waals surface area contributed by atoms with E-state index >= 15 is 0 Å². The third-order valence-electron chi connectivity index (χ3n) is 5.08. The Kier molecular flexibility index (Phi) is 7.62. The van der Waals surface area contributed by atoms with E-state index in [9.17, 15) is 23.3 Å². The van der Waals surface area contributed by atoms with Gasteiger partial charge in [0, 0.05) is 30.9 Å². The van der Waals surface area contributed by atoms with E-state index in [2.05, 4.69) is 25.6 Å². The fraction of sp³-hybridized carbons (Fsp3) is 0.526. The van der Waals surface area contributed by atoms with Crippen LogP contribution in [0.3, 0.4) is 0 Å². The SMILES string of the molecule is NC1CCC(CNc2nc(NCc3cccnc3OCC(F)(F)F)ncc2[N+](=O)[O-])CC1. The number of nitrogens with two attached hydrogens (primary N) is 1. The highest BCUT2D eigenvalue weighted by molar-refractivity contribution is 5.57. The van der Waals surface area contributed by atoms with Crippen molar-refractivity contribution in [2.24, 2.45) is 11.7 Å². The molecule has 10 nitrogen and oxygen atoms in total. The maximum absolute atomic E-state index is 12.4. The number of hydrogen-bond acceptors (Lipinski definition) is 9. The van der Waals surface area contributed by atoms with E-state index in [0.717, 1.165) is 31.9 Å². The highest BCUT2D eigenvalue weighted by Crippen LogP contribution is 2.27. The van der Waals surface area contributed by atoms with Crippen molar-refractivity contribution in [3.05, 3.63) is 40.2 Å². The molecule has 0 aromatic carbocycles. The predicted molar refractivity (Wildman–Crippen MR) is 110 cm³/mol. The predicted octanol–water partition coefficient (Wildman–Crippen LogP) is 3.26. The van der Waals surface area contributed by atoms with Gasteiger partial charge in [-0.1, -0.05) is 6.07 Å². The van der Waals surface area contributed by atoms with Crippen LogP contribution in [-0.2, 0) is 6.54 Å². The van der Waals surface area contributed by atoms with Gasteiger partial charge in [-0.3, -0.25) is 10.1 Å². The summed E-state index contributed by atoms with van der Waals surface area (Å²) in [5.41, 5.74) is 6.00. The number of aromatic nitrogens is 3. The number of rotatable bonds is 9. The molecule has 0 spiro atoms. The molecule has 1 aliphatic carbocycles. The number of ether oxygens (including phenoxy) is 1. The summed E-state index contributed by atoms with van der Waals surface area (Å²) >= 11 is 0. The number of hydrogen-bond donors (Lipinski definition) is 3. The van der Waals surface area contributed by atoms with Crippen molar-refractivity contribution in [3.63, 3.8) is 0 Å². The van der Waals surface area contributed by atoms with E-state index in [1.807, 2.05) is 0 Å². The number of nitrogens with zero attached hydrogens (tertiary/aromatic N) is 4. The molecule has 0 atom stereocenters. The zero-order valence-electron chi connectivity index (χ0n) is 17.1. The first kappa shape index (κ1) is 23.4. The first-order chi connectivity index (χ1) is 15.2. The number of halogens is 3. The third kappa shape index (κ3) is 6.90. The Balaban J connectivity index is 1.66. The van der Waals surface area contributed by atoms with Gasteiger partial charge in [-0.2, -0.15) is 18.2 Å². The van der Waals surface area contributed by atoms with Crippen LogP contribution in [0.25, 0.3) is 0 Å². The molecule has 13 heteroatoms. The molecule has 0 unspecified atom stereocenters. The number of nitrogens with one attached hydrogen (secondary N) is 2. The Morgan fingerprint density at radius 3 is 2.66 bits per heavy atom. The molecule has 4 N–H and O–H groups in total. The van der Waals surface area contributed by atoms with Crippen molar-refractivity contribution in [1.29, 1.82) is 0 Å². The van der Waals surface area contributed by atoms with Crippen LogP contribution in [0, 0.1) is 16.0 Å². The summed E-state index contributed by atoms with van der Waals surface area (Å²) in [5, 5.41) is 17.2.